The number of hydrogen-bond donors (Lipinski definition) is 2. The van der Waals surface area contributed by atoms with Gasteiger partial charge in [-0.3, -0.25) is 4.79 Å². The molecule has 1 aromatic carbocycles. The number of fused-ring (bicyclic) bond motifs is 1. The van der Waals surface area contributed by atoms with Crippen molar-refractivity contribution in [2.24, 2.45) is 5.73 Å². The van der Waals surface area contributed by atoms with Gasteiger partial charge in [-0.1, -0.05) is 22.0 Å². The predicted molar refractivity (Wildman–Crippen MR) is 77.4 cm³/mol. The lowest BCUT2D eigenvalue weighted by Gasteiger charge is -2.08. The largest absolute Gasteiger partial charge is 0.468 e. The second-order valence-electron chi connectivity index (χ2n) is 3.94. The number of nitrogens with one attached hydrogen (secondary N) is 1. The van der Waals surface area contributed by atoms with Crippen molar-refractivity contribution in [3.8, 4) is 0 Å². The molecule has 0 spiro atoms. The predicted octanol–water partition coefficient (Wildman–Crippen LogP) is 2.74. The quantitative estimate of drug-likeness (QED) is 0.810. The Bertz CT molecular complexity index is 595. The lowest BCUT2D eigenvalue weighted by atomic mass is 10.1. The number of nitrogens with two attached hydrogens (primary N) is 1. The number of H-pyrrole nitrogens is 1. The molecule has 4 nitrogen and oxygen atoms in total. The van der Waals surface area contributed by atoms with Crippen molar-refractivity contribution in [2.45, 2.75) is 12.5 Å². The topological polar surface area (TPSA) is 68.1 Å². The van der Waals surface area contributed by atoms with Crippen molar-refractivity contribution in [1.82, 2.24) is 4.98 Å². The first-order chi connectivity index (χ1) is 8.52. The number of hydrogen-bond acceptors (Lipinski definition) is 3. The highest BCUT2D eigenvalue weighted by Crippen LogP contribution is 2.29. The first-order valence-corrected chi connectivity index (χ1v) is 6.90. The molecule has 0 radical (unpaired) electrons. The van der Waals surface area contributed by atoms with Crippen LogP contribution < -0.4 is 5.73 Å². The van der Waals surface area contributed by atoms with Gasteiger partial charge in [-0.25, -0.2) is 0 Å². The van der Waals surface area contributed by atoms with Gasteiger partial charge in [0, 0.05) is 21.8 Å². The Morgan fingerprint density at radius 1 is 1.50 bits per heavy atom. The van der Waals surface area contributed by atoms with Gasteiger partial charge in [0.25, 0.3) is 0 Å². The van der Waals surface area contributed by atoms with Gasteiger partial charge in [-0.15, -0.1) is 0 Å². The van der Waals surface area contributed by atoms with E-state index in [2.05, 4.69) is 41.6 Å². The normalized spacial score (nSPS) is 12.7. The molecule has 0 amide bonds. The molecule has 1 atom stereocenters. The molecule has 0 saturated carbocycles. The van der Waals surface area contributed by atoms with Crippen LogP contribution >= 0.6 is 31.9 Å². The van der Waals surface area contributed by atoms with Gasteiger partial charge in [-0.05, 0) is 33.6 Å². The van der Waals surface area contributed by atoms with E-state index in [1.807, 2.05) is 18.2 Å². The van der Waals surface area contributed by atoms with Crippen LogP contribution in [0.1, 0.15) is 5.56 Å². The molecule has 0 saturated heterocycles. The fourth-order valence-corrected chi connectivity index (χ4v) is 2.80. The molecular formula is C12H12Br2N2O2. The second-order valence-corrected chi connectivity index (χ2v) is 5.65. The monoisotopic (exact) mass is 374 g/mol. The molecule has 0 fully saturated rings. The summed E-state index contributed by atoms with van der Waals surface area (Å²) in [4.78, 5) is 14.6. The van der Waals surface area contributed by atoms with E-state index < -0.39 is 12.0 Å². The lowest BCUT2D eigenvalue weighted by molar-refractivity contribution is -0.142. The van der Waals surface area contributed by atoms with E-state index in [1.165, 1.54) is 7.11 Å². The molecule has 3 N–H and O–H groups in total. The summed E-state index contributed by atoms with van der Waals surface area (Å²) < 4.78 is 6.47. The molecule has 0 bridgehead atoms. The summed E-state index contributed by atoms with van der Waals surface area (Å²) in [5.41, 5.74) is 7.76. The molecule has 2 rings (SSSR count). The Hall–Kier alpha value is -0.850. The first-order valence-electron chi connectivity index (χ1n) is 5.32. The number of carbonyl (C=O) groups excluding carboxylic acids is 1. The maximum absolute atomic E-state index is 11.4. The fraction of sp³-hybridized carbons (Fsp3) is 0.250. The molecule has 0 aliphatic rings. The number of aromatic nitrogens is 1. The summed E-state index contributed by atoms with van der Waals surface area (Å²) in [6.07, 6.45) is 0.425. The Balaban J connectivity index is 2.38. The summed E-state index contributed by atoms with van der Waals surface area (Å²) in [6.45, 7) is 0. The van der Waals surface area contributed by atoms with Crippen LogP contribution in [0.5, 0.6) is 0 Å². The zero-order valence-electron chi connectivity index (χ0n) is 9.67. The summed E-state index contributed by atoms with van der Waals surface area (Å²) in [7, 11) is 1.34. The first kappa shape index (κ1) is 13.6. The molecule has 2 aromatic rings. The maximum Gasteiger partial charge on any atom is 0.322 e. The average molecular weight is 376 g/mol. The van der Waals surface area contributed by atoms with Gasteiger partial charge < -0.3 is 15.5 Å². The zero-order chi connectivity index (χ0) is 13.3. The van der Waals surface area contributed by atoms with Gasteiger partial charge >= 0.3 is 5.97 Å². The second kappa shape index (κ2) is 5.42. The minimum absolute atomic E-state index is 0.409. The van der Waals surface area contributed by atoms with E-state index in [0.29, 0.717) is 6.42 Å². The Morgan fingerprint density at radius 2 is 2.22 bits per heavy atom. The highest BCUT2D eigenvalue weighted by Gasteiger charge is 2.19. The minimum atomic E-state index is -0.658. The number of ether oxygens (including phenoxy) is 1. The van der Waals surface area contributed by atoms with Gasteiger partial charge in [0.15, 0.2) is 0 Å². The molecule has 1 heterocycles. The van der Waals surface area contributed by atoms with Gasteiger partial charge in [0.05, 0.1) is 11.7 Å². The Morgan fingerprint density at radius 3 is 2.89 bits per heavy atom. The van der Waals surface area contributed by atoms with Crippen molar-refractivity contribution < 1.29 is 9.53 Å². The summed E-state index contributed by atoms with van der Waals surface area (Å²) >= 11 is 6.87. The molecule has 6 heteroatoms. The van der Waals surface area contributed by atoms with Crippen LogP contribution in [-0.2, 0) is 16.0 Å². The van der Waals surface area contributed by atoms with Crippen molar-refractivity contribution in [2.75, 3.05) is 7.11 Å². The van der Waals surface area contributed by atoms with Crippen LogP contribution in [0.25, 0.3) is 10.9 Å². The number of methoxy groups -OCH3 is 1. The molecule has 0 unspecified atom stereocenters. The van der Waals surface area contributed by atoms with Gasteiger partial charge in [0.2, 0.25) is 0 Å². The standard InChI is InChI=1S/C12H12Br2N2O2/c1-18-12(17)9(15)5-8-7-3-2-6(13)4-10(7)16-11(8)14/h2-4,9,16H,5,15H2,1H3/t9-/m0/s1. The number of benzene rings is 1. The lowest BCUT2D eigenvalue weighted by Crippen LogP contribution is -2.33. The third-order valence-corrected chi connectivity index (χ3v) is 3.91. The van der Waals surface area contributed by atoms with Crippen LogP contribution in [0.3, 0.4) is 0 Å². The van der Waals surface area contributed by atoms with E-state index in [9.17, 15) is 4.79 Å². The number of aromatic amines is 1. The summed E-state index contributed by atoms with van der Waals surface area (Å²) in [6, 6.07) is 5.26. The highest BCUT2D eigenvalue weighted by atomic mass is 79.9. The smallest absolute Gasteiger partial charge is 0.322 e. The minimum Gasteiger partial charge on any atom is -0.468 e. The van der Waals surface area contributed by atoms with Crippen LogP contribution in [0.15, 0.2) is 27.3 Å². The SMILES string of the molecule is COC(=O)[C@@H](N)Cc1c(Br)[nH]c2cc(Br)ccc12. The highest BCUT2D eigenvalue weighted by molar-refractivity contribution is 9.10. The van der Waals surface area contributed by atoms with Crippen molar-refractivity contribution in [3.63, 3.8) is 0 Å². The maximum atomic E-state index is 11.4. The zero-order valence-corrected chi connectivity index (χ0v) is 12.8. The molecule has 0 aliphatic heterocycles. The number of esters is 1. The van der Waals surface area contributed by atoms with Crippen LogP contribution in [0.4, 0.5) is 0 Å². The van der Waals surface area contributed by atoms with Crippen LogP contribution in [0, 0.1) is 0 Å². The molecule has 96 valence electrons. The van der Waals surface area contributed by atoms with E-state index in [0.717, 1.165) is 25.5 Å². The number of rotatable bonds is 3. The van der Waals surface area contributed by atoms with E-state index in [4.69, 9.17) is 5.73 Å². The summed E-state index contributed by atoms with van der Waals surface area (Å²) in [5, 5.41) is 1.05. The van der Waals surface area contributed by atoms with Crippen molar-refractivity contribution in [3.05, 3.63) is 32.8 Å². The summed E-state index contributed by atoms with van der Waals surface area (Å²) in [5.74, 6) is -0.409. The third-order valence-electron chi connectivity index (χ3n) is 2.74. The van der Waals surface area contributed by atoms with Crippen LogP contribution in [0.2, 0.25) is 0 Å². The average Bonchev–Trinajstić information content (AvgIpc) is 2.64. The Kier molecular flexibility index (Phi) is 4.09. The Labute approximate surface area is 121 Å². The van der Waals surface area contributed by atoms with Crippen molar-refractivity contribution >= 4 is 48.7 Å². The van der Waals surface area contributed by atoms with Crippen LogP contribution in [-0.4, -0.2) is 24.1 Å². The molecular weight excluding hydrogens is 364 g/mol. The fourth-order valence-electron chi connectivity index (χ4n) is 1.85. The van der Waals surface area contributed by atoms with Crippen molar-refractivity contribution in [1.29, 1.82) is 0 Å². The van der Waals surface area contributed by atoms with E-state index in [-0.39, 0.29) is 0 Å². The number of halogens is 2. The van der Waals surface area contributed by atoms with E-state index >= 15 is 0 Å². The molecule has 18 heavy (non-hydrogen) atoms. The van der Waals surface area contributed by atoms with Gasteiger partial charge in [0.1, 0.15) is 6.04 Å². The van der Waals surface area contributed by atoms with Gasteiger partial charge in [-0.2, -0.15) is 0 Å². The van der Waals surface area contributed by atoms with E-state index in [1.54, 1.807) is 0 Å². The molecule has 1 aromatic heterocycles. The number of carbonyl (C=O) groups is 1. The molecule has 0 aliphatic carbocycles. The third kappa shape index (κ3) is 2.60.